The van der Waals surface area contributed by atoms with Crippen molar-refractivity contribution < 1.29 is 9.18 Å². The fourth-order valence-electron chi connectivity index (χ4n) is 2.76. The fourth-order valence-corrected chi connectivity index (χ4v) is 2.76. The topological polar surface area (TPSA) is 79.8 Å². The van der Waals surface area contributed by atoms with Crippen LogP contribution in [0.4, 0.5) is 15.9 Å². The second-order valence-electron chi connectivity index (χ2n) is 6.07. The van der Waals surface area contributed by atoms with E-state index in [2.05, 4.69) is 25.6 Å². The van der Waals surface area contributed by atoms with Crippen LogP contribution in [0.5, 0.6) is 0 Å². The number of halogens is 1. The monoisotopic (exact) mass is 373 g/mol. The Morgan fingerprint density at radius 1 is 0.929 bits per heavy atom. The maximum Gasteiger partial charge on any atom is 0.275 e. The van der Waals surface area contributed by atoms with Gasteiger partial charge in [0, 0.05) is 23.7 Å². The zero-order valence-corrected chi connectivity index (χ0v) is 14.8. The van der Waals surface area contributed by atoms with E-state index in [1.54, 1.807) is 30.5 Å². The molecule has 0 spiro atoms. The molecule has 4 aromatic rings. The number of anilines is 2. The molecular weight excluding hydrogens is 357 g/mol. The van der Waals surface area contributed by atoms with Crippen molar-refractivity contribution in [3.8, 4) is 0 Å². The van der Waals surface area contributed by atoms with E-state index in [-0.39, 0.29) is 24.0 Å². The smallest absolute Gasteiger partial charge is 0.275 e. The van der Waals surface area contributed by atoms with Crippen LogP contribution in [-0.4, -0.2) is 20.9 Å². The summed E-state index contributed by atoms with van der Waals surface area (Å²) in [6.07, 6.45) is 4.49. The third kappa shape index (κ3) is 3.78. The first-order chi connectivity index (χ1) is 13.7. The number of pyridine rings is 1. The lowest BCUT2D eigenvalue weighted by atomic mass is 10.2. The predicted octanol–water partition coefficient (Wildman–Crippen LogP) is 4.03. The van der Waals surface area contributed by atoms with E-state index >= 15 is 0 Å². The van der Waals surface area contributed by atoms with Crippen LogP contribution in [-0.2, 0) is 6.54 Å². The van der Waals surface area contributed by atoms with Crippen molar-refractivity contribution in [2.24, 2.45) is 0 Å². The second-order valence-corrected chi connectivity index (χ2v) is 6.07. The van der Waals surface area contributed by atoms with Gasteiger partial charge in [0.2, 0.25) is 0 Å². The van der Waals surface area contributed by atoms with Gasteiger partial charge < -0.3 is 10.6 Å². The molecule has 0 radical (unpaired) electrons. The number of nitrogens with one attached hydrogen (secondary N) is 2. The highest BCUT2D eigenvalue weighted by Gasteiger charge is 2.11. The maximum atomic E-state index is 13.6. The van der Waals surface area contributed by atoms with Gasteiger partial charge in [-0.1, -0.05) is 36.4 Å². The molecule has 28 heavy (non-hydrogen) atoms. The summed E-state index contributed by atoms with van der Waals surface area (Å²) in [5, 5.41) is 6.73. The predicted molar refractivity (Wildman–Crippen MR) is 105 cm³/mol. The van der Waals surface area contributed by atoms with Crippen LogP contribution in [0, 0.1) is 5.82 Å². The number of carbonyl (C=O) groups excluding carboxylic acids is 1. The third-order valence-corrected chi connectivity index (χ3v) is 4.18. The van der Waals surface area contributed by atoms with Crippen molar-refractivity contribution in [3.63, 3.8) is 0 Å². The lowest BCUT2D eigenvalue weighted by molar-refractivity contribution is 0.102. The SMILES string of the molecule is O=C(Nc1cccc2cccnc12)c1cnc(NCc2ccccc2F)cn1. The minimum absolute atomic E-state index is 0.171. The molecule has 4 rings (SSSR count). The molecule has 6 nitrogen and oxygen atoms in total. The lowest BCUT2D eigenvalue weighted by Gasteiger charge is -2.09. The van der Waals surface area contributed by atoms with E-state index in [1.807, 2.05) is 24.3 Å². The van der Waals surface area contributed by atoms with Crippen molar-refractivity contribution in [3.05, 3.63) is 90.3 Å². The molecule has 7 heteroatoms. The Balaban J connectivity index is 1.44. The number of para-hydroxylation sites is 1. The summed E-state index contributed by atoms with van der Waals surface area (Å²) < 4.78 is 13.6. The molecule has 0 fully saturated rings. The average Bonchev–Trinajstić information content (AvgIpc) is 2.74. The van der Waals surface area contributed by atoms with Crippen LogP contribution in [0.3, 0.4) is 0 Å². The quantitative estimate of drug-likeness (QED) is 0.552. The van der Waals surface area contributed by atoms with Gasteiger partial charge in [0.15, 0.2) is 0 Å². The first-order valence-corrected chi connectivity index (χ1v) is 8.65. The van der Waals surface area contributed by atoms with Gasteiger partial charge in [-0.3, -0.25) is 9.78 Å². The number of nitrogens with zero attached hydrogens (tertiary/aromatic N) is 3. The first-order valence-electron chi connectivity index (χ1n) is 8.65. The number of carbonyl (C=O) groups is 1. The summed E-state index contributed by atoms with van der Waals surface area (Å²) in [5.41, 5.74) is 2.00. The molecule has 0 aliphatic heterocycles. The Kier molecular flexibility index (Phi) is 4.88. The van der Waals surface area contributed by atoms with Crippen molar-refractivity contribution in [1.29, 1.82) is 0 Å². The number of amides is 1. The Morgan fingerprint density at radius 2 is 1.79 bits per heavy atom. The van der Waals surface area contributed by atoms with Gasteiger partial charge >= 0.3 is 0 Å². The van der Waals surface area contributed by atoms with Gasteiger partial charge in [-0.2, -0.15) is 0 Å². The summed E-state index contributed by atoms with van der Waals surface area (Å²) in [6.45, 7) is 0.272. The number of benzene rings is 2. The summed E-state index contributed by atoms with van der Waals surface area (Å²) in [6, 6.07) is 15.8. The highest BCUT2D eigenvalue weighted by Crippen LogP contribution is 2.21. The summed E-state index contributed by atoms with van der Waals surface area (Å²) in [7, 11) is 0. The van der Waals surface area contributed by atoms with Crippen molar-refractivity contribution in [2.75, 3.05) is 10.6 Å². The van der Waals surface area contributed by atoms with Crippen molar-refractivity contribution in [1.82, 2.24) is 15.0 Å². The Labute approximate surface area is 160 Å². The molecule has 0 saturated carbocycles. The van der Waals surface area contributed by atoms with Crippen molar-refractivity contribution >= 4 is 28.3 Å². The molecule has 2 N–H and O–H groups in total. The number of aromatic nitrogens is 3. The Morgan fingerprint density at radius 3 is 2.61 bits per heavy atom. The van der Waals surface area contributed by atoms with Gasteiger partial charge in [-0.15, -0.1) is 0 Å². The molecule has 0 aliphatic rings. The van der Waals surface area contributed by atoms with Crippen LogP contribution in [0.15, 0.2) is 73.2 Å². The molecular formula is C21H16FN5O. The largest absolute Gasteiger partial charge is 0.365 e. The average molecular weight is 373 g/mol. The minimum Gasteiger partial charge on any atom is -0.365 e. The maximum absolute atomic E-state index is 13.6. The summed E-state index contributed by atoms with van der Waals surface area (Å²) in [4.78, 5) is 25.1. The van der Waals surface area contributed by atoms with Crippen LogP contribution in [0.2, 0.25) is 0 Å². The highest BCUT2D eigenvalue weighted by molar-refractivity contribution is 6.07. The molecule has 138 valence electrons. The normalized spacial score (nSPS) is 10.6. The first kappa shape index (κ1) is 17.5. The fraction of sp³-hybridized carbons (Fsp3) is 0.0476. The third-order valence-electron chi connectivity index (χ3n) is 4.18. The summed E-state index contributed by atoms with van der Waals surface area (Å²) >= 11 is 0. The molecule has 0 unspecified atom stereocenters. The Hall–Kier alpha value is -3.87. The van der Waals surface area contributed by atoms with Gasteiger partial charge in [0.25, 0.3) is 5.91 Å². The van der Waals surface area contributed by atoms with E-state index < -0.39 is 0 Å². The number of fused-ring (bicyclic) bond motifs is 1. The minimum atomic E-state index is -0.383. The van der Waals surface area contributed by atoms with Gasteiger partial charge in [-0.05, 0) is 18.2 Å². The van der Waals surface area contributed by atoms with Crippen LogP contribution in [0.1, 0.15) is 16.1 Å². The molecule has 2 aromatic heterocycles. The molecule has 1 amide bonds. The van der Waals surface area contributed by atoms with E-state index in [1.165, 1.54) is 18.5 Å². The molecule has 0 bridgehead atoms. The number of rotatable bonds is 5. The van der Waals surface area contributed by atoms with Crippen LogP contribution < -0.4 is 10.6 Å². The molecule has 2 heterocycles. The molecule has 0 atom stereocenters. The zero-order valence-electron chi connectivity index (χ0n) is 14.8. The van der Waals surface area contributed by atoms with E-state index in [4.69, 9.17) is 0 Å². The van der Waals surface area contributed by atoms with Gasteiger partial charge in [0.05, 0.1) is 23.6 Å². The van der Waals surface area contributed by atoms with Crippen LogP contribution in [0.25, 0.3) is 10.9 Å². The molecule has 0 saturated heterocycles. The second kappa shape index (κ2) is 7.79. The summed E-state index contributed by atoms with van der Waals surface area (Å²) in [5.74, 6) is -0.222. The van der Waals surface area contributed by atoms with Gasteiger partial charge in [-0.25, -0.2) is 14.4 Å². The Bertz CT molecular complexity index is 1130. The van der Waals surface area contributed by atoms with Crippen molar-refractivity contribution in [2.45, 2.75) is 6.54 Å². The van der Waals surface area contributed by atoms with Gasteiger partial charge in [0.1, 0.15) is 17.3 Å². The standard InChI is InChI=1S/C21H16FN5O/c22-16-8-2-1-5-15(16)11-25-19-13-24-18(12-26-19)21(28)27-17-9-3-6-14-7-4-10-23-20(14)17/h1-10,12-13H,11H2,(H,25,26)(H,27,28). The molecule has 2 aromatic carbocycles. The number of hydrogen-bond donors (Lipinski definition) is 2. The van der Waals surface area contributed by atoms with E-state index in [0.717, 1.165) is 5.39 Å². The number of hydrogen-bond acceptors (Lipinski definition) is 5. The van der Waals surface area contributed by atoms with E-state index in [0.29, 0.717) is 22.6 Å². The zero-order chi connectivity index (χ0) is 19.3. The highest BCUT2D eigenvalue weighted by atomic mass is 19.1. The molecule has 0 aliphatic carbocycles. The van der Waals surface area contributed by atoms with E-state index in [9.17, 15) is 9.18 Å². The lowest BCUT2D eigenvalue weighted by Crippen LogP contribution is -2.15. The van der Waals surface area contributed by atoms with Crippen LogP contribution >= 0.6 is 0 Å².